The first kappa shape index (κ1) is 19.2. The van der Waals surface area contributed by atoms with Gasteiger partial charge < -0.3 is 5.32 Å². The molecule has 7 heteroatoms. The third-order valence-corrected chi connectivity index (χ3v) is 6.36. The number of nitrogens with zero attached hydrogens (tertiary/aromatic N) is 1. The predicted octanol–water partition coefficient (Wildman–Crippen LogP) is 6.23. The van der Waals surface area contributed by atoms with E-state index in [0.29, 0.717) is 10.7 Å². The minimum atomic E-state index is -0.110. The van der Waals surface area contributed by atoms with Crippen LogP contribution in [0.3, 0.4) is 0 Å². The number of aryl methyl sites for hydroxylation is 1. The van der Waals surface area contributed by atoms with Gasteiger partial charge in [-0.3, -0.25) is 4.79 Å². The maximum Gasteiger partial charge on any atom is 0.230 e. The fraction of sp³-hybridized carbons (Fsp3) is 0.158. The average Bonchev–Trinajstić information content (AvgIpc) is 3.04. The van der Waals surface area contributed by atoms with Gasteiger partial charge in [0.05, 0.1) is 12.1 Å². The zero-order chi connectivity index (χ0) is 18.5. The molecule has 1 amide bonds. The van der Waals surface area contributed by atoms with Crippen molar-refractivity contribution < 1.29 is 4.79 Å². The maximum atomic E-state index is 12.2. The second kappa shape index (κ2) is 8.91. The van der Waals surface area contributed by atoms with Gasteiger partial charge in [-0.2, -0.15) is 0 Å². The molecule has 3 aromatic rings. The Bertz CT molecular complexity index is 927. The molecule has 0 aliphatic heterocycles. The van der Waals surface area contributed by atoms with Crippen LogP contribution in [-0.4, -0.2) is 10.9 Å². The van der Waals surface area contributed by atoms with Gasteiger partial charge in [0.15, 0.2) is 0 Å². The second-order valence-corrected chi connectivity index (χ2v) is 8.64. The second-order valence-electron chi connectivity index (χ2n) is 5.71. The highest BCUT2D eigenvalue weighted by atomic mass is 35.5. The smallest absolute Gasteiger partial charge is 0.230 e. The Balaban J connectivity index is 1.54. The quantitative estimate of drug-likeness (QED) is 0.478. The van der Waals surface area contributed by atoms with E-state index >= 15 is 0 Å². The standard InChI is InChI=1S/C19H16Cl2N2OS2/c1-12-5-6-15(8-17(12)21)22-18(24)9-16-11-26-19(23-16)25-10-13-3-2-4-14(20)7-13/h2-8,11H,9-10H2,1H3,(H,22,24). The molecule has 3 nitrogen and oxygen atoms in total. The number of benzene rings is 2. The van der Waals surface area contributed by atoms with Crippen LogP contribution in [0.15, 0.2) is 52.2 Å². The summed E-state index contributed by atoms with van der Waals surface area (Å²) in [6.07, 6.45) is 0.236. The Morgan fingerprint density at radius 1 is 1.23 bits per heavy atom. The number of anilines is 1. The fourth-order valence-electron chi connectivity index (χ4n) is 2.25. The van der Waals surface area contributed by atoms with Crippen LogP contribution in [-0.2, 0) is 17.0 Å². The average molecular weight is 423 g/mol. The Morgan fingerprint density at radius 3 is 2.85 bits per heavy atom. The molecule has 0 unspecified atom stereocenters. The number of carbonyl (C=O) groups is 1. The van der Waals surface area contributed by atoms with Crippen LogP contribution in [0.25, 0.3) is 0 Å². The van der Waals surface area contributed by atoms with Gasteiger partial charge in [0.1, 0.15) is 4.34 Å². The molecular formula is C19H16Cl2N2OS2. The summed E-state index contributed by atoms with van der Waals surface area (Å²) in [6, 6.07) is 13.3. The fourth-order valence-corrected chi connectivity index (χ4v) is 4.43. The van der Waals surface area contributed by atoms with Crippen molar-refractivity contribution >= 4 is 57.9 Å². The molecule has 0 saturated carbocycles. The largest absolute Gasteiger partial charge is 0.326 e. The van der Waals surface area contributed by atoms with E-state index in [9.17, 15) is 4.79 Å². The normalized spacial score (nSPS) is 10.7. The number of halogens is 2. The molecule has 0 aliphatic carbocycles. The van der Waals surface area contributed by atoms with Crippen LogP contribution in [0.4, 0.5) is 5.69 Å². The molecule has 0 fully saturated rings. The first-order chi connectivity index (χ1) is 12.5. The minimum absolute atomic E-state index is 0.110. The lowest BCUT2D eigenvalue weighted by Crippen LogP contribution is -2.14. The third-order valence-electron chi connectivity index (χ3n) is 3.58. The molecule has 26 heavy (non-hydrogen) atoms. The topological polar surface area (TPSA) is 42.0 Å². The summed E-state index contributed by atoms with van der Waals surface area (Å²) in [5.41, 5.74) is 3.58. The van der Waals surface area contributed by atoms with Crippen LogP contribution in [0.5, 0.6) is 0 Å². The molecule has 1 heterocycles. The van der Waals surface area contributed by atoms with Crippen molar-refractivity contribution in [2.45, 2.75) is 23.4 Å². The summed E-state index contributed by atoms with van der Waals surface area (Å²) in [5.74, 6) is 0.684. The van der Waals surface area contributed by atoms with Crippen molar-refractivity contribution in [2.75, 3.05) is 5.32 Å². The molecule has 0 atom stereocenters. The monoisotopic (exact) mass is 422 g/mol. The number of thiazole rings is 1. The molecule has 1 N–H and O–H groups in total. The van der Waals surface area contributed by atoms with Gasteiger partial charge in [-0.1, -0.05) is 53.2 Å². The van der Waals surface area contributed by atoms with Gasteiger partial charge in [0, 0.05) is 26.9 Å². The van der Waals surface area contributed by atoms with Crippen molar-refractivity contribution in [1.29, 1.82) is 0 Å². The van der Waals surface area contributed by atoms with E-state index < -0.39 is 0 Å². The van der Waals surface area contributed by atoms with Gasteiger partial charge in [-0.05, 0) is 42.3 Å². The van der Waals surface area contributed by atoms with Crippen molar-refractivity contribution in [3.8, 4) is 0 Å². The molecular weight excluding hydrogens is 407 g/mol. The summed E-state index contributed by atoms with van der Waals surface area (Å²) < 4.78 is 0.936. The summed E-state index contributed by atoms with van der Waals surface area (Å²) in [6.45, 7) is 1.92. The summed E-state index contributed by atoms with van der Waals surface area (Å²) in [4.78, 5) is 16.7. The Morgan fingerprint density at radius 2 is 2.08 bits per heavy atom. The molecule has 0 saturated heterocycles. The van der Waals surface area contributed by atoms with Gasteiger partial charge in [0.2, 0.25) is 5.91 Å². The summed E-state index contributed by atoms with van der Waals surface area (Å²) >= 11 is 15.3. The van der Waals surface area contributed by atoms with Crippen LogP contribution in [0.1, 0.15) is 16.8 Å². The highest BCUT2D eigenvalue weighted by molar-refractivity contribution is 8.00. The van der Waals surface area contributed by atoms with Crippen LogP contribution < -0.4 is 5.32 Å². The lowest BCUT2D eigenvalue weighted by molar-refractivity contribution is -0.115. The SMILES string of the molecule is Cc1ccc(NC(=O)Cc2csc(SCc3cccc(Cl)c3)n2)cc1Cl. The molecule has 134 valence electrons. The Labute approximate surface area is 170 Å². The lowest BCUT2D eigenvalue weighted by atomic mass is 10.2. The third kappa shape index (κ3) is 5.48. The number of hydrogen-bond acceptors (Lipinski definition) is 4. The molecule has 2 aromatic carbocycles. The van der Waals surface area contributed by atoms with Gasteiger partial charge >= 0.3 is 0 Å². The first-order valence-electron chi connectivity index (χ1n) is 7.87. The predicted molar refractivity (Wildman–Crippen MR) is 112 cm³/mol. The number of hydrogen-bond donors (Lipinski definition) is 1. The molecule has 0 radical (unpaired) electrons. The van der Waals surface area contributed by atoms with Crippen molar-refractivity contribution in [1.82, 2.24) is 4.98 Å². The molecule has 0 aliphatic rings. The van der Waals surface area contributed by atoms with Crippen LogP contribution in [0, 0.1) is 6.92 Å². The van der Waals surface area contributed by atoms with Gasteiger partial charge in [-0.15, -0.1) is 11.3 Å². The number of carbonyl (C=O) groups excluding carboxylic acids is 1. The van der Waals surface area contributed by atoms with Gasteiger partial charge in [-0.25, -0.2) is 4.98 Å². The van der Waals surface area contributed by atoms with Crippen LogP contribution >= 0.6 is 46.3 Å². The Hall–Kier alpha value is -1.53. The van der Waals surface area contributed by atoms with E-state index in [2.05, 4.69) is 10.3 Å². The zero-order valence-corrected chi connectivity index (χ0v) is 17.1. The highest BCUT2D eigenvalue weighted by Gasteiger charge is 2.09. The van der Waals surface area contributed by atoms with Crippen LogP contribution in [0.2, 0.25) is 10.0 Å². The molecule has 1 aromatic heterocycles. The number of nitrogens with one attached hydrogen (secondary N) is 1. The van der Waals surface area contributed by atoms with E-state index in [1.807, 2.05) is 48.7 Å². The number of rotatable bonds is 6. The van der Waals surface area contributed by atoms with Gasteiger partial charge in [0.25, 0.3) is 0 Å². The van der Waals surface area contributed by atoms with E-state index in [4.69, 9.17) is 23.2 Å². The van der Waals surface area contributed by atoms with E-state index in [1.165, 1.54) is 0 Å². The maximum absolute atomic E-state index is 12.2. The number of aromatic nitrogens is 1. The molecule has 0 spiro atoms. The zero-order valence-electron chi connectivity index (χ0n) is 14.0. The van der Waals surface area contributed by atoms with Crippen molar-refractivity contribution in [3.63, 3.8) is 0 Å². The first-order valence-corrected chi connectivity index (χ1v) is 10.5. The number of amides is 1. The lowest BCUT2D eigenvalue weighted by Gasteiger charge is -2.06. The van der Waals surface area contributed by atoms with Crippen molar-refractivity contribution in [3.05, 3.63) is 74.7 Å². The summed E-state index contributed by atoms with van der Waals surface area (Å²) in [7, 11) is 0. The number of thioether (sulfide) groups is 1. The highest BCUT2D eigenvalue weighted by Crippen LogP contribution is 2.27. The molecule has 0 bridgehead atoms. The van der Waals surface area contributed by atoms with E-state index in [0.717, 1.165) is 31.9 Å². The Kier molecular flexibility index (Phi) is 6.59. The van der Waals surface area contributed by atoms with Crippen molar-refractivity contribution in [2.24, 2.45) is 0 Å². The molecule has 3 rings (SSSR count). The minimum Gasteiger partial charge on any atom is -0.326 e. The summed E-state index contributed by atoms with van der Waals surface area (Å²) in [5, 5.41) is 6.14. The van der Waals surface area contributed by atoms with E-state index in [-0.39, 0.29) is 12.3 Å². The van der Waals surface area contributed by atoms with E-state index in [1.54, 1.807) is 29.2 Å².